The van der Waals surface area contributed by atoms with E-state index in [-0.39, 0.29) is 5.78 Å². The van der Waals surface area contributed by atoms with Gasteiger partial charge in [-0.25, -0.2) is 0 Å². The van der Waals surface area contributed by atoms with E-state index in [4.69, 9.17) is 23.2 Å². The van der Waals surface area contributed by atoms with Crippen molar-refractivity contribution in [3.05, 3.63) is 69.8 Å². The molecule has 0 aliphatic heterocycles. The number of nitrogens with one attached hydrogen (secondary N) is 2. The maximum Gasteiger partial charge on any atom is 0.178 e. The average Bonchev–Trinajstić information content (AvgIpc) is 2.97. The fourth-order valence-corrected chi connectivity index (χ4v) is 3.05. The second-order valence-corrected chi connectivity index (χ2v) is 6.18. The molecule has 0 fully saturated rings. The van der Waals surface area contributed by atoms with Gasteiger partial charge in [0.25, 0.3) is 0 Å². The third-order valence-corrected chi connectivity index (χ3v) is 4.35. The number of halogens is 2. The second kappa shape index (κ2) is 7.18. The summed E-state index contributed by atoms with van der Waals surface area (Å²) in [4.78, 5) is 15.4. The number of aromatic amines is 1. The van der Waals surface area contributed by atoms with E-state index in [9.17, 15) is 4.79 Å². The Morgan fingerprint density at radius 2 is 1.96 bits per heavy atom. The Kier molecular flexibility index (Phi) is 5.01. The van der Waals surface area contributed by atoms with Crippen molar-refractivity contribution in [1.29, 1.82) is 0 Å². The maximum absolute atomic E-state index is 12.3. The minimum Gasteiger partial charge on any atom is -0.360 e. The van der Waals surface area contributed by atoms with Gasteiger partial charge in [0, 0.05) is 32.7 Å². The van der Waals surface area contributed by atoms with Crippen LogP contribution in [0.1, 0.15) is 15.9 Å². The Labute approximate surface area is 144 Å². The van der Waals surface area contributed by atoms with Crippen molar-refractivity contribution in [3.8, 4) is 0 Å². The maximum atomic E-state index is 12.3. The summed E-state index contributed by atoms with van der Waals surface area (Å²) < 4.78 is 0. The Morgan fingerprint density at radius 1 is 1.13 bits per heavy atom. The fourth-order valence-electron chi connectivity index (χ4n) is 2.55. The molecule has 118 valence electrons. The molecule has 0 spiro atoms. The largest absolute Gasteiger partial charge is 0.360 e. The van der Waals surface area contributed by atoms with Gasteiger partial charge < -0.3 is 10.3 Å². The van der Waals surface area contributed by atoms with Crippen molar-refractivity contribution >= 4 is 39.9 Å². The van der Waals surface area contributed by atoms with Gasteiger partial charge in [0.15, 0.2) is 5.78 Å². The van der Waals surface area contributed by atoms with Crippen LogP contribution >= 0.6 is 23.2 Å². The highest BCUT2D eigenvalue weighted by Crippen LogP contribution is 2.21. The zero-order valence-electron chi connectivity index (χ0n) is 12.4. The van der Waals surface area contributed by atoms with Gasteiger partial charge in [0.05, 0.1) is 6.54 Å². The molecule has 0 aliphatic carbocycles. The third-order valence-electron chi connectivity index (χ3n) is 3.76. The van der Waals surface area contributed by atoms with E-state index in [1.165, 1.54) is 0 Å². The summed E-state index contributed by atoms with van der Waals surface area (Å²) in [7, 11) is 0. The Balaban J connectivity index is 1.55. The molecule has 23 heavy (non-hydrogen) atoms. The number of carbonyl (C=O) groups excluding carboxylic acids is 1. The Morgan fingerprint density at radius 3 is 2.78 bits per heavy atom. The lowest BCUT2D eigenvalue weighted by Crippen LogP contribution is -2.25. The smallest absolute Gasteiger partial charge is 0.178 e. The minimum atomic E-state index is 0.0738. The van der Waals surface area contributed by atoms with Crippen molar-refractivity contribution in [1.82, 2.24) is 10.3 Å². The number of hydrogen-bond donors (Lipinski definition) is 2. The topological polar surface area (TPSA) is 44.9 Å². The minimum absolute atomic E-state index is 0.0738. The molecule has 3 rings (SSSR count). The zero-order valence-corrected chi connectivity index (χ0v) is 13.9. The zero-order chi connectivity index (χ0) is 16.2. The molecular formula is C18H16Cl2N2O. The molecule has 0 unspecified atom stereocenters. The van der Waals surface area contributed by atoms with Crippen LogP contribution in [0, 0.1) is 0 Å². The van der Waals surface area contributed by atoms with Gasteiger partial charge >= 0.3 is 0 Å². The molecule has 0 aliphatic rings. The van der Waals surface area contributed by atoms with Gasteiger partial charge in [-0.15, -0.1) is 0 Å². The van der Waals surface area contributed by atoms with Gasteiger partial charge in [-0.1, -0.05) is 47.5 Å². The number of hydrogen-bond acceptors (Lipinski definition) is 2. The first kappa shape index (κ1) is 16.1. The molecule has 1 heterocycles. The molecule has 0 bridgehead atoms. The number of benzene rings is 2. The molecule has 2 N–H and O–H groups in total. The summed E-state index contributed by atoms with van der Waals surface area (Å²) in [6, 6.07) is 13.3. The molecule has 5 heteroatoms. The molecule has 0 atom stereocenters. The van der Waals surface area contributed by atoms with E-state index in [0.29, 0.717) is 23.1 Å². The monoisotopic (exact) mass is 346 g/mol. The number of H-pyrrole nitrogens is 1. The summed E-state index contributed by atoms with van der Waals surface area (Å²) >= 11 is 12.0. The summed E-state index contributed by atoms with van der Waals surface area (Å²) in [5, 5.41) is 5.41. The molecule has 0 amide bonds. The second-order valence-electron chi connectivity index (χ2n) is 5.33. The van der Waals surface area contributed by atoms with Crippen LogP contribution in [0.15, 0.2) is 48.7 Å². The van der Waals surface area contributed by atoms with Crippen LogP contribution in [-0.2, 0) is 6.42 Å². The molecule has 2 aromatic carbocycles. The van der Waals surface area contributed by atoms with Crippen LogP contribution in [0.5, 0.6) is 0 Å². The molecule has 0 saturated heterocycles. The van der Waals surface area contributed by atoms with Crippen molar-refractivity contribution in [2.24, 2.45) is 0 Å². The normalized spacial score (nSPS) is 11.0. The quantitative estimate of drug-likeness (QED) is 0.510. The van der Waals surface area contributed by atoms with Crippen LogP contribution in [0.4, 0.5) is 0 Å². The predicted octanol–water partition coefficient (Wildman–Crippen LogP) is 4.49. The van der Waals surface area contributed by atoms with Crippen molar-refractivity contribution in [2.75, 3.05) is 13.1 Å². The van der Waals surface area contributed by atoms with E-state index in [1.807, 2.05) is 36.4 Å². The molecule has 0 radical (unpaired) electrons. The van der Waals surface area contributed by atoms with Crippen LogP contribution in [0.2, 0.25) is 10.0 Å². The van der Waals surface area contributed by atoms with Gasteiger partial charge in [0.2, 0.25) is 0 Å². The summed E-state index contributed by atoms with van der Waals surface area (Å²) in [5.74, 6) is 0.0738. The third kappa shape index (κ3) is 3.75. The van der Waals surface area contributed by atoms with Gasteiger partial charge in [-0.2, -0.15) is 0 Å². The van der Waals surface area contributed by atoms with Crippen LogP contribution < -0.4 is 5.32 Å². The average molecular weight is 347 g/mol. The molecule has 3 nitrogen and oxygen atoms in total. The number of rotatable bonds is 6. The summed E-state index contributed by atoms with van der Waals surface area (Å²) in [6.07, 6.45) is 2.52. The SMILES string of the molecule is O=C(CNCCc1ccc(Cl)cc1Cl)c1c[nH]c2ccccc12. The molecule has 1 aromatic heterocycles. The van der Waals surface area contributed by atoms with E-state index in [1.54, 1.807) is 12.3 Å². The molecule has 3 aromatic rings. The lowest BCUT2D eigenvalue weighted by molar-refractivity contribution is 0.0993. The van der Waals surface area contributed by atoms with E-state index in [2.05, 4.69) is 10.3 Å². The highest BCUT2D eigenvalue weighted by atomic mass is 35.5. The van der Waals surface area contributed by atoms with E-state index in [0.717, 1.165) is 28.5 Å². The van der Waals surface area contributed by atoms with E-state index < -0.39 is 0 Å². The Bertz CT molecular complexity index is 842. The van der Waals surface area contributed by atoms with Crippen molar-refractivity contribution < 1.29 is 4.79 Å². The van der Waals surface area contributed by atoms with Crippen LogP contribution in [0.3, 0.4) is 0 Å². The van der Waals surface area contributed by atoms with Gasteiger partial charge in [-0.3, -0.25) is 4.79 Å². The highest BCUT2D eigenvalue weighted by molar-refractivity contribution is 6.35. The number of ketones is 1. The number of para-hydroxylation sites is 1. The first-order chi connectivity index (χ1) is 11.1. The van der Waals surface area contributed by atoms with Crippen molar-refractivity contribution in [3.63, 3.8) is 0 Å². The van der Waals surface area contributed by atoms with Gasteiger partial charge in [0.1, 0.15) is 0 Å². The Hall–Kier alpha value is -1.81. The number of aromatic nitrogens is 1. The number of carbonyl (C=O) groups is 1. The standard InChI is InChI=1S/C18H16Cl2N2O/c19-13-6-5-12(16(20)9-13)7-8-21-11-18(23)15-10-22-17-4-2-1-3-14(15)17/h1-6,9-10,21-22H,7-8,11H2. The van der Waals surface area contributed by atoms with Crippen LogP contribution in [-0.4, -0.2) is 23.9 Å². The van der Waals surface area contributed by atoms with Crippen LogP contribution in [0.25, 0.3) is 10.9 Å². The van der Waals surface area contributed by atoms with Crippen molar-refractivity contribution in [2.45, 2.75) is 6.42 Å². The van der Waals surface area contributed by atoms with Gasteiger partial charge in [-0.05, 0) is 36.7 Å². The fraction of sp³-hybridized carbons (Fsp3) is 0.167. The summed E-state index contributed by atoms with van der Waals surface area (Å²) in [6.45, 7) is 0.975. The number of fused-ring (bicyclic) bond motifs is 1. The van der Waals surface area contributed by atoms with E-state index >= 15 is 0 Å². The number of Topliss-reactive ketones (excluding diaryl/α,β-unsaturated/α-hetero) is 1. The molecule has 0 saturated carbocycles. The lowest BCUT2D eigenvalue weighted by Gasteiger charge is -2.06. The molecular weight excluding hydrogens is 331 g/mol. The summed E-state index contributed by atoms with van der Waals surface area (Å²) in [5.41, 5.74) is 2.71. The first-order valence-electron chi connectivity index (χ1n) is 7.39. The lowest BCUT2D eigenvalue weighted by atomic mass is 10.1. The first-order valence-corrected chi connectivity index (χ1v) is 8.14. The predicted molar refractivity (Wildman–Crippen MR) is 95.7 cm³/mol. The highest BCUT2D eigenvalue weighted by Gasteiger charge is 2.11.